The number of ether oxygens (including phenoxy) is 1. The van der Waals surface area contributed by atoms with E-state index >= 15 is 0 Å². The Labute approximate surface area is 103 Å². The van der Waals surface area contributed by atoms with E-state index in [2.05, 4.69) is 28.2 Å². The van der Waals surface area contributed by atoms with Gasteiger partial charge in [-0.3, -0.25) is 4.90 Å². The molecule has 17 heavy (non-hydrogen) atoms. The minimum atomic E-state index is 0.606. The highest BCUT2D eigenvalue weighted by Crippen LogP contribution is 2.18. The summed E-state index contributed by atoms with van der Waals surface area (Å²) < 4.78 is 5.30. The van der Waals surface area contributed by atoms with Crippen molar-refractivity contribution in [3.63, 3.8) is 0 Å². The Morgan fingerprint density at radius 2 is 2.41 bits per heavy atom. The molecule has 0 spiro atoms. The Balaban J connectivity index is 2.07. The molecule has 0 radical (unpaired) electrons. The van der Waals surface area contributed by atoms with Gasteiger partial charge in [0.25, 0.3) is 0 Å². The minimum Gasteiger partial charge on any atom is -0.481 e. The molecule has 0 saturated carbocycles. The van der Waals surface area contributed by atoms with Crippen LogP contribution in [0.3, 0.4) is 0 Å². The van der Waals surface area contributed by atoms with E-state index in [1.165, 1.54) is 12.0 Å². The Hall–Kier alpha value is -1.13. The van der Waals surface area contributed by atoms with E-state index in [0.717, 1.165) is 32.1 Å². The lowest BCUT2D eigenvalue weighted by atomic mass is 10.1. The van der Waals surface area contributed by atoms with E-state index in [1.54, 1.807) is 13.3 Å². The summed E-state index contributed by atoms with van der Waals surface area (Å²) >= 11 is 0. The average molecular weight is 235 g/mol. The van der Waals surface area contributed by atoms with Gasteiger partial charge in [0.1, 0.15) is 0 Å². The highest BCUT2D eigenvalue weighted by atomic mass is 16.5. The van der Waals surface area contributed by atoms with Crippen LogP contribution in [0.1, 0.15) is 18.9 Å². The molecular weight excluding hydrogens is 214 g/mol. The molecule has 1 saturated heterocycles. The molecule has 94 valence electrons. The van der Waals surface area contributed by atoms with E-state index in [-0.39, 0.29) is 0 Å². The number of hydrogen-bond donors (Lipinski definition) is 1. The average Bonchev–Trinajstić information content (AvgIpc) is 2.56. The lowest BCUT2D eigenvalue weighted by molar-refractivity contribution is 0.208. The molecule has 2 heterocycles. The van der Waals surface area contributed by atoms with E-state index in [9.17, 15) is 0 Å². The van der Waals surface area contributed by atoms with Gasteiger partial charge >= 0.3 is 0 Å². The minimum absolute atomic E-state index is 0.606. The van der Waals surface area contributed by atoms with Crippen LogP contribution in [-0.4, -0.2) is 42.7 Å². The topological polar surface area (TPSA) is 37.4 Å². The van der Waals surface area contributed by atoms with E-state index < -0.39 is 0 Å². The molecule has 1 fully saturated rings. The summed E-state index contributed by atoms with van der Waals surface area (Å²) in [4.78, 5) is 6.73. The molecule has 1 aromatic heterocycles. The zero-order chi connectivity index (χ0) is 12.1. The maximum absolute atomic E-state index is 5.30. The van der Waals surface area contributed by atoms with Crippen LogP contribution in [0, 0.1) is 0 Å². The standard InChI is InChI=1S/C13H21N3O/c1-11-5-7-14-8-9-16(11)10-12-4-3-6-15-13(12)17-2/h3-4,6,11,14H,5,7-10H2,1-2H3. The van der Waals surface area contributed by atoms with Crippen LogP contribution in [0.2, 0.25) is 0 Å². The third-order valence-corrected chi connectivity index (χ3v) is 3.35. The predicted molar refractivity (Wildman–Crippen MR) is 68.1 cm³/mol. The van der Waals surface area contributed by atoms with Crippen LogP contribution in [0.4, 0.5) is 0 Å². The summed E-state index contributed by atoms with van der Waals surface area (Å²) in [6.45, 7) is 6.46. The van der Waals surface area contributed by atoms with Crippen LogP contribution in [0.25, 0.3) is 0 Å². The monoisotopic (exact) mass is 235 g/mol. The van der Waals surface area contributed by atoms with Gasteiger partial charge in [-0.05, 0) is 26.0 Å². The third-order valence-electron chi connectivity index (χ3n) is 3.35. The van der Waals surface area contributed by atoms with Gasteiger partial charge in [0.15, 0.2) is 0 Å². The van der Waals surface area contributed by atoms with Crippen LogP contribution in [0.5, 0.6) is 5.88 Å². The second-order valence-corrected chi connectivity index (χ2v) is 4.53. The number of nitrogens with one attached hydrogen (secondary N) is 1. The molecule has 1 aliphatic heterocycles. The Morgan fingerprint density at radius 3 is 3.24 bits per heavy atom. The van der Waals surface area contributed by atoms with Crippen molar-refractivity contribution in [3.8, 4) is 5.88 Å². The number of nitrogens with zero attached hydrogens (tertiary/aromatic N) is 2. The maximum Gasteiger partial charge on any atom is 0.217 e. The summed E-state index contributed by atoms with van der Waals surface area (Å²) in [6, 6.07) is 4.67. The van der Waals surface area contributed by atoms with Gasteiger partial charge in [-0.25, -0.2) is 4.98 Å². The van der Waals surface area contributed by atoms with Gasteiger partial charge in [-0.1, -0.05) is 6.07 Å². The number of aromatic nitrogens is 1. The van der Waals surface area contributed by atoms with Crippen LogP contribution in [-0.2, 0) is 6.54 Å². The molecular formula is C13H21N3O. The fraction of sp³-hybridized carbons (Fsp3) is 0.615. The molecule has 4 nitrogen and oxygen atoms in total. The van der Waals surface area contributed by atoms with Crippen LogP contribution in [0.15, 0.2) is 18.3 Å². The van der Waals surface area contributed by atoms with E-state index in [4.69, 9.17) is 4.74 Å². The Morgan fingerprint density at radius 1 is 1.53 bits per heavy atom. The highest BCUT2D eigenvalue weighted by Gasteiger charge is 2.18. The van der Waals surface area contributed by atoms with Crippen LogP contribution < -0.4 is 10.1 Å². The molecule has 2 rings (SSSR count). The zero-order valence-corrected chi connectivity index (χ0v) is 10.6. The van der Waals surface area contributed by atoms with Gasteiger partial charge < -0.3 is 10.1 Å². The Bertz CT molecular complexity index is 356. The smallest absolute Gasteiger partial charge is 0.217 e. The van der Waals surface area contributed by atoms with Crippen molar-refractivity contribution >= 4 is 0 Å². The molecule has 0 aromatic carbocycles. The summed E-state index contributed by atoms with van der Waals surface area (Å²) in [5.74, 6) is 0.747. The molecule has 1 atom stereocenters. The number of pyridine rings is 1. The molecule has 1 unspecified atom stereocenters. The number of rotatable bonds is 3. The largest absolute Gasteiger partial charge is 0.481 e. The molecule has 0 aliphatic carbocycles. The molecule has 1 N–H and O–H groups in total. The number of methoxy groups -OCH3 is 1. The van der Waals surface area contributed by atoms with Gasteiger partial charge in [0.05, 0.1) is 7.11 Å². The fourth-order valence-electron chi connectivity index (χ4n) is 2.24. The van der Waals surface area contributed by atoms with Gasteiger partial charge in [0.2, 0.25) is 5.88 Å². The summed E-state index contributed by atoms with van der Waals surface area (Å²) in [5.41, 5.74) is 1.17. The first-order chi connectivity index (χ1) is 8.31. The summed E-state index contributed by atoms with van der Waals surface area (Å²) in [5, 5.41) is 3.43. The lowest BCUT2D eigenvalue weighted by Gasteiger charge is -2.26. The molecule has 1 aliphatic rings. The predicted octanol–water partition coefficient (Wildman–Crippen LogP) is 1.27. The first-order valence-electron chi connectivity index (χ1n) is 6.24. The van der Waals surface area contributed by atoms with Gasteiger partial charge in [-0.2, -0.15) is 0 Å². The maximum atomic E-state index is 5.30. The first kappa shape index (κ1) is 12.3. The van der Waals surface area contributed by atoms with Crippen molar-refractivity contribution in [2.75, 3.05) is 26.7 Å². The first-order valence-corrected chi connectivity index (χ1v) is 6.24. The quantitative estimate of drug-likeness (QED) is 0.856. The second kappa shape index (κ2) is 5.98. The van der Waals surface area contributed by atoms with Crippen molar-refractivity contribution in [2.45, 2.75) is 25.9 Å². The normalized spacial score (nSPS) is 22.1. The van der Waals surface area contributed by atoms with Gasteiger partial charge in [-0.15, -0.1) is 0 Å². The molecule has 0 amide bonds. The third kappa shape index (κ3) is 3.17. The summed E-state index contributed by atoms with van der Waals surface area (Å²) in [7, 11) is 1.68. The van der Waals surface area contributed by atoms with E-state index in [0.29, 0.717) is 6.04 Å². The Kier molecular flexibility index (Phi) is 4.34. The van der Waals surface area contributed by atoms with Gasteiger partial charge in [0, 0.05) is 37.4 Å². The summed E-state index contributed by atoms with van der Waals surface area (Å²) in [6.07, 6.45) is 2.97. The highest BCUT2D eigenvalue weighted by molar-refractivity contribution is 5.25. The molecule has 1 aromatic rings. The van der Waals surface area contributed by atoms with Crippen molar-refractivity contribution in [3.05, 3.63) is 23.9 Å². The fourth-order valence-corrected chi connectivity index (χ4v) is 2.24. The lowest BCUT2D eigenvalue weighted by Crippen LogP contribution is -2.33. The SMILES string of the molecule is COc1ncccc1CN1CCNCCC1C. The molecule has 0 bridgehead atoms. The van der Waals surface area contributed by atoms with Crippen molar-refractivity contribution in [1.82, 2.24) is 15.2 Å². The number of hydrogen-bond acceptors (Lipinski definition) is 4. The second-order valence-electron chi connectivity index (χ2n) is 4.53. The zero-order valence-electron chi connectivity index (χ0n) is 10.6. The van der Waals surface area contributed by atoms with E-state index in [1.807, 2.05) is 6.07 Å². The van der Waals surface area contributed by atoms with Crippen molar-refractivity contribution in [1.29, 1.82) is 0 Å². The van der Waals surface area contributed by atoms with Crippen LogP contribution >= 0.6 is 0 Å². The van der Waals surface area contributed by atoms with Crippen molar-refractivity contribution in [2.24, 2.45) is 0 Å². The molecule has 4 heteroatoms. The van der Waals surface area contributed by atoms with Crippen molar-refractivity contribution < 1.29 is 4.74 Å².